The quantitative estimate of drug-likeness (QED) is 0.431. The molecule has 1 fully saturated rings. The standard InChI is InChI=1S/C28H30N6O/c1-4-27(35)34-13-11-33(12-14-34)19-21-5-8-23(9-6-21)24-15-20(2)28-25(16-24)26(30-31-28)10-7-22-17-29-32(3)18-22/h4-10,15-18H,1,11-14,19H2,2-3H3,(H,30,31)/b10-7+. The summed E-state index contributed by atoms with van der Waals surface area (Å²) in [6.07, 6.45) is 9.32. The van der Waals surface area contributed by atoms with Crippen molar-refractivity contribution in [3.63, 3.8) is 0 Å². The second-order valence-corrected chi connectivity index (χ2v) is 9.11. The van der Waals surface area contributed by atoms with Crippen LogP contribution >= 0.6 is 0 Å². The van der Waals surface area contributed by atoms with Gasteiger partial charge in [0.1, 0.15) is 0 Å². The van der Waals surface area contributed by atoms with E-state index in [0.717, 1.165) is 60.4 Å². The number of hydrogen-bond acceptors (Lipinski definition) is 4. The summed E-state index contributed by atoms with van der Waals surface area (Å²) in [5.41, 5.74) is 7.81. The first kappa shape index (κ1) is 22.8. The monoisotopic (exact) mass is 466 g/mol. The lowest BCUT2D eigenvalue weighted by atomic mass is 9.99. The molecule has 0 saturated carbocycles. The summed E-state index contributed by atoms with van der Waals surface area (Å²) in [5.74, 6) is 0.0228. The van der Waals surface area contributed by atoms with Gasteiger partial charge in [0, 0.05) is 56.9 Å². The molecule has 2 aromatic heterocycles. The number of rotatable bonds is 6. The van der Waals surface area contributed by atoms with E-state index in [1.54, 1.807) is 4.68 Å². The van der Waals surface area contributed by atoms with Gasteiger partial charge in [-0.2, -0.15) is 10.2 Å². The molecule has 1 aliphatic rings. The molecule has 0 spiro atoms. The van der Waals surface area contributed by atoms with Crippen LogP contribution in [0.2, 0.25) is 0 Å². The molecular formula is C28H30N6O. The molecule has 7 heteroatoms. The number of benzene rings is 2. The van der Waals surface area contributed by atoms with Crippen molar-refractivity contribution in [1.29, 1.82) is 0 Å². The highest BCUT2D eigenvalue weighted by atomic mass is 16.2. The van der Waals surface area contributed by atoms with Gasteiger partial charge < -0.3 is 4.90 Å². The molecule has 3 heterocycles. The third-order valence-corrected chi connectivity index (χ3v) is 6.60. The highest BCUT2D eigenvalue weighted by molar-refractivity contribution is 5.94. The molecule has 1 N–H and O–H groups in total. The van der Waals surface area contributed by atoms with E-state index in [1.165, 1.54) is 22.8 Å². The van der Waals surface area contributed by atoms with Crippen LogP contribution in [-0.4, -0.2) is 61.9 Å². The molecule has 1 saturated heterocycles. The number of nitrogens with zero attached hydrogens (tertiary/aromatic N) is 5. The molecule has 0 radical (unpaired) electrons. The Morgan fingerprint density at radius 2 is 1.86 bits per heavy atom. The lowest BCUT2D eigenvalue weighted by molar-refractivity contribution is -0.127. The lowest BCUT2D eigenvalue weighted by Crippen LogP contribution is -2.47. The van der Waals surface area contributed by atoms with E-state index in [1.807, 2.05) is 30.4 Å². The molecular weight excluding hydrogens is 436 g/mol. The van der Waals surface area contributed by atoms with Crippen LogP contribution < -0.4 is 0 Å². The number of carbonyl (C=O) groups excluding carboxylic acids is 1. The molecule has 0 atom stereocenters. The number of aromatic amines is 1. The van der Waals surface area contributed by atoms with Crippen molar-refractivity contribution in [3.8, 4) is 11.1 Å². The average molecular weight is 467 g/mol. The Hall–Kier alpha value is -3.97. The van der Waals surface area contributed by atoms with Crippen LogP contribution in [0.5, 0.6) is 0 Å². The second kappa shape index (κ2) is 9.72. The zero-order valence-electron chi connectivity index (χ0n) is 20.2. The van der Waals surface area contributed by atoms with Crippen molar-refractivity contribution in [1.82, 2.24) is 29.8 Å². The van der Waals surface area contributed by atoms with Gasteiger partial charge >= 0.3 is 0 Å². The van der Waals surface area contributed by atoms with Gasteiger partial charge in [0.2, 0.25) is 5.91 Å². The van der Waals surface area contributed by atoms with Crippen LogP contribution in [0.1, 0.15) is 22.4 Å². The van der Waals surface area contributed by atoms with Gasteiger partial charge in [-0.1, -0.05) is 30.8 Å². The third-order valence-electron chi connectivity index (χ3n) is 6.60. The van der Waals surface area contributed by atoms with E-state index in [9.17, 15) is 4.79 Å². The van der Waals surface area contributed by atoms with Crippen molar-refractivity contribution in [2.75, 3.05) is 26.2 Å². The number of carbonyl (C=O) groups is 1. The Morgan fingerprint density at radius 1 is 1.09 bits per heavy atom. The van der Waals surface area contributed by atoms with Gasteiger partial charge in [0.05, 0.1) is 17.4 Å². The number of H-pyrrole nitrogens is 1. The Kier molecular flexibility index (Phi) is 6.33. The zero-order chi connectivity index (χ0) is 24.4. The predicted molar refractivity (Wildman–Crippen MR) is 140 cm³/mol. The van der Waals surface area contributed by atoms with Crippen molar-refractivity contribution in [2.24, 2.45) is 7.05 Å². The zero-order valence-corrected chi connectivity index (χ0v) is 20.2. The molecule has 2 aromatic carbocycles. The largest absolute Gasteiger partial charge is 0.337 e. The van der Waals surface area contributed by atoms with Crippen LogP contribution in [0.3, 0.4) is 0 Å². The first-order valence-electron chi connectivity index (χ1n) is 11.9. The maximum absolute atomic E-state index is 11.8. The van der Waals surface area contributed by atoms with Gasteiger partial charge in [0.15, 0.2) is 0 Å². The molecule has 178 valence electrons. The molecule has 0 unspecified atom stereocenters. The molecule has 1 aliphatic heterocycles. The van der Waals surface area contributed by atoms with Gasteiger partial charge in [-0.3, -0.25) is 19.5 Å². The number of aryl methyl sites for hydroxylation is 2. The lowest BCUT2D eigenvalue weighted by Gasteiger charge is -2.34. The Bertz CT molecular complexity index is 1390. The van der Waals surface area contributed by atoms with Gasteiger partial charge in [-0.15, -0.1) is 0 Å². The second-order valence-electron chi connectivity index (χ2n) is 9.11. The average Bonchev–Trinajstić information content (AvgIpc) is 3.49. The van der Waals surface area contributed by atoms with Gasteiger partial charge in [0.25, 0.3) is 0 Å². The van der Waals surface area contributed by atoms with E-state index in [-0.39, 0.29) is 5.91 Å². The number of amides is 1. The van der Waals surface area contributed by atoms with Crippen LogP contribution in [-0.2, 0) is 18.4 Å². The SMILES string of the molecule is C=CC(=O)N1CCN(Cc2ccc(-c3cc(C)c4n[nH]c(/C=C/c5cnn(C)c5)c4c3)cc2)CC1. The summed E-state index contributed by atoms with van der Waals surface area (Å²) in [7, 11) is 1.91. The molecule has 0 bridgehead atoms. The summed E-state index contributed by atoms with van der Waals surface area (Å²) < 4.78 is 1.79. The number of piperazine rings is 1. The number of nitrogens with one attached hydrogen (secondary N) is 1. The fourth-order valence-corrected chi connectivity index (χ4v) is 4.63. The van der Waals surface area contributed by atoms with Crippen LogP contribution in [0.15, 0.2) is 61.4 Å². The van der Waals surface area contributed by atoms with Crippen molar-refractivity contribution in [3.05, 3.63) is 83.8 Å². The van der Waals surface area contributed by atoms with E-state index in [2.05, 4.69) is 76.2 Å². The molecule has 7 nitrogen and oxygen atoms in total. The van der Waals surface area contributed by atoms with Gasteiger partial charge in [-0.25, -0.2) is 0 Å². The highest BCUT2D eigenvalue weighted by Crippen LogP contribution is 2.29. The fraction of sp³-hybridized carbons (Fsp3) is 0.250. The maximum Gasteiger partial charge on any atom is 0.246 e. The summed E-state index contributed by atoms with van der Waals surface area (Å²) >= 11 is 0. The molecule has 4 aromatic rings. The summed E-state index contributed by atoms with van der Waals surface area (Å²) in [6.45, 7) is 9.85. The predicted octanol–water partition coefficient (Wildman–Crippen LogP) is 4.27. The Balaban J connectivity index is 1.31. The van der Waals surface area contributed by atoms with E-state index >= 15 is 0 Å². The first-order valence-corrected chi connectivity index (χ1v) is 11.9. The molecule has 1 amide bonds. The van der Waals surface area contributed by atoms with E-state index < -0.39 is 0 Å². The topological polar surface area (TPSA) is 70.1 Å². The minimum absolute atomic E-state index is 0.0228. The van der Waals surface area contributed by atoms with Crippen LogP contribution in [0, 0.1) is 6.92 Å². The minimum Gasteiger partial charge on any atom is -0.337 e. The number of fused-ring (bicyclic) bond motifs is 1. The molecule has 35 heavy (non-hydrogen) atoms. The van der Waals surface area contributed by atoms with Crippen molar-refractivity contribution in [2.45, 2.75) is 13.5 Å². The first-order chi connectivity index (χ1) is 17.0. The molecule has 5 rings (SSSR count). The third kappa shape index (κ3) is 4.95. The molecule has 0 aliphatic carbocycles. The smallest absolute Gasteiger partial charge is 0.246 e. The minimum atomic E-state index is 0.0228. The number of aromatic nitrogens is 4. The Morgan fingerprint density at radius 3 is 2.54 bits per heavy atom. The Labute approximate surface area is 205 Å². The van der Waals surface area contributed by atoms with Crippen LogP contribution in [0.4, 0.5) is 0 Å². The summed E-state index contributed by atoms with van der Waals surface area (Å²) in [4.78, 5) is 16.0. The van der Waals surface area contributed by atoms with E-state index in [0.29, 0.717) is 0 Å². The normalized spacial score (nSPS) is 14.7. The van der Waals surface area contributed by atoms with Crippen molar-refractivity contribution < 1.29 is 4.79 Å². The fourth-order valence-electron chi connectivity index (χ4n) is 4.63. The highest BCUT2D eigenvalue weighted by Gasteiger charge is 2.19. The van der Waals surface area contributed by atoms with Crippen molar-refractivity contribution >= 4 is 29.0 Å². The van der Waals surface area contributed by atoms with Crippen LogP contribution in [0.25, 0.3) is 34.2 Å². The van der Waals surface area contributed by atoms with E-state index in [4.69, 9.17) is 0 Å². The number of hydrogen-bond donors (Lipinski definition) is 1. The maximum atomic E-state index is 11.8. The summed E-state index contributed by atoms with van der Waals surface area (Å²) in [6, 6.07) is 13.2. The summed E-state index contributed by atoms with van der Waals surface area (Å²) in [5, 5.41) is 13.0. The van der Waals surface area contributed by atoms with Gasteiger partial charge in [-0.05, 0) is 59.5 Å².